The van der Waals surface area contributed by atoms with E-state index in [0.29, 0.717) is 17.3 Å². The molecule has 0 atom stereocenters. The van der Waals surface area contributed by atoms with Gasteiger partial charge < -0.3 is 9.15 Å². The van der Waals surface area contributed by atoms with Crippen molar-refractivity contribution in [3.63, 3.8) is 0 Å². The van der Waals surface area contributed by atoms with Crippen LogP contribution in [0.25, 0.3) is 11.5 Å². The summed E-state index contributed by atoms with van der Waals surface area (Å²) in [7, 11) is 0. The highest BCUT2D eigenvalue weighted by Gasteiger charge is 2.15. The zero-order chi connectivity index (χ0) is 17.1. The molecule has 0 aliphatic rings. The molecule has 3 rings (SSSR count). The molecule has 0 spiro atoms. The fourth-order valence-corrected chi connectivity index (χ4v) is 2.13. The Balaban J connectivity index is 1.76. The Morgan fingerprint density at radius 3 is 2.67 bits per heavy atom. The molecule has 0 fully saturated rings. The third-order valence-electron chi connectivity index (χ3n) is 3.40. The van der Waals surface area contributed by atoms with E-state index in [-0.39, 0.29) is 18.0 Å². The molecule has 0 N–H and O–H groups in total. The number of hydrogen-bond acceptors (Lipinski definition) is 5. The Morgan fingerprint density at radius 1 is 1.25 bits per heavy atom. The minimum Gasteiger partial charge on any atom is -0.484 e. The van der Waals surface area contributed by atoms with E-state index >= 15 is 0 Å². The smallest absolute Gasteiger partial charge is 0.272 e. The van der Waals surface area contributed by atoms with Gasteiger partial charge in [0.1, 0.15) is 18.1 Å². The van der Waals surface area contributed by atoms with Crippen molar-refractivity contribution in [2.75, 3.05) is 0 Å². The van der Waals surface area contributed by atoms with Crippen LogP contribution in [0.5, 0.6) is 5.75 Å². The van der Waals surface area contributed by atoms with Crippen LogP contribution in [0.3, 0.4) is 0 Å². The molecule has 0 amide bonds. The molecule has 3 aromatic rings. The molecule has 1 heterocycles. The van der Waals surface area contributed by atoms with Crippen molar-refractivity contribution in [3.8, 4) is 17.2 Å². The highest BCUT2D eigenvalue weighted by Crippen LogP contribution is 2.25. The Bertz CT molecular complexity index is 878. The molecule has 1 aromatic heterocycles. The number of aromatic nitrogens is 1. The molecular weight excluding hydrogens is 315 g/mol. The van der Waals surface area contributed by atoms with Gasteiger partial charge in [-0.15, -0.1) is 0 Å². The summed E-state index contributed by atoms with van der Waals surface area (Å²) in [6, 6.07) is 12.6. The van der Waals surface area contributed by atoms with Crippen LogP contribution >= 0.6 is 0 Å². The first-order chi connectivity index (χ1) is 11.5. The van der Waals surface area contributed by atoms with Crippen LogP contribution in [-0.2, 0) is 6.61 Å². The van der Waals surface area contributed by atoms with Gasteiger partial charge in [0, 0.05) is 11.6 Å². The molecule has 0 saturated heterocycles. The van der Waals surface area contributed by atoms with Crippen LogP contribution in [0.2, 0.25) is 0 Å². The van der Waals surface area contributed by atoms with Crippen molar-refractivity contribution in [3.05, 3.63) is 75.9 Å². The van der Waals surface area contributed by atoms with Crippen LogP contribution in [0.4, 0.5) is 10.1 Å². The summed E-state index contributed by atoms with van der Waals surface area (Å²) < 4.78 is 24.8. The monoisotopic (exact) mass is 328 g/mol. The van der Waals surface area contributed by atoms with Crippen LogP contribution in [0.1, 0.15) is 11.5 Å². The molecular formula is C17H13FN2O4. The van der Waals surface area contributed by atoms with Gasteiger partial charge in [-0.05, 0) is 25.1 Å². The minimum absolute atomic E-state index is 0.00308. The van der Waals surface area contributed by atoms with Crippen LogP contribution < -0.4 is 4.74 Å². The maximum atomic E-state index is 13.8. The van der Waals surface area contributed by atoms with Gasteiger partial charge >= 0.3 is 0 Å². The number of aryl methyl sites for hydroxylation is 1. The summed E-state index contributed by atoms with van der Waals surface area (Å²) in [6.45, 7) is 1.74. The molecule has 0 saturated carbocycles. The number of nitro benzene ring substituents is 1. The van der Waals surface area contributed by atoms with E-state index in [2.05, 4.69) is 4.98 Å². The lowest BCUT2D eigenvalue weighted by Gasteiger charge is -2.05. The number of rotatable bonds is 5. The molecule has 122 valence electrons. The predicted molar refractivity (Wildman–Crippen MR) is 84.1 cm³/mol. The Labute approximate surface area is 136 Å². The number of non-ortho nitro benzene ring substituents is 1. The van der Waals surface area contributed by atoms with E-state index in [1.807, 2.05) is 30.3 Å². The summed E-state index contributed by atoms with van der Waals surface area (Å²) in [5, 5.41) is 10.6. The van der Waals surface area contributed by atoms with Crippen molar-refractivity contribution < 1.29 is 18.5 Å². The second kappa shape index (κ2) is 6.49. The van der Waals surface area contributed by atoms with Gasteiger partial charge in [0.25, 0.3) is 5.69 Å². The fraction of sp³-hybridized carbons (Fsp3) is 0.118. The van der Waals surface area contributed by atoms with Gasteiger partial charge in [-0.1, -0.05) is 18.2 Å². The summed E-state index contributed by atoms with van der Waals surface area (Å²) in [5.74, 6) is 0.143. The lowest BCUT2D eigenvalue weighted by Crippen LogP contribution is -2.00. The van der Waals surface area contributed by atoms with Gasteiger partial charge in [0.05, 0.1) is 11.0 Å². The van der Waals surface area contributed by atoms with Crippen LogP contribution in [0, 0.1) is 22.9 Å². The van der Waals surface area contributed by atoms with Gasteiger partial charge in [0.2, 0.25) is 5.89 Å². The van der Waals surface area contributed by atoms with E-state index in [9.17, 15) is 14.5 Å². The van der Waals surface area contributed by atoms with E-state index in [1.165, 1.54) is 12.1 Å². The molecule has 0 bridgehead atoms. The third-order valence-corrected chi connectivity index (χ3v) is 3.40. The number of halogens is 1. The molecule has 0 aliphatic heterocycles. The predicted octanol–water partition coefficient (Wildman–Crippen LogP) is 4.28. The van der Waals surface area contributed by atoms with Crippen LogP contribution in [-0.4, -0.2) is 9.91 Å². The van der Waals surface area contributed by atoms with Gasteiger partial charge in [0.15, 0.2) is 11.6 Å². The van der Waals surface area contributed by atoms with Gasteiger partial charge in [-0.25, -0.2) is 9.37 Å². The van der Waals surface area contributed by atoms with E-state index in [0.717, 1.165) is 11.6 Å². The largest absolute Gasteiger partial charge is 0.484 e. The maximum absolute atomic E-state index is 13.8. The van der Waals surface area contributed by atoms with E-state index < -0.39 is 10.7 Å². The number of hydrogen-bond donors (Lipinski definition) is 0. The van der Waals surface area contributed by atoms with Crippen LogP contribution in [0.15, 0.2) is 52.9 Å². The lowest BCUT2D eigenvalue weighted by atomic mass is 10.2. The molecule has 2 aromatic carbocycles. The normalized spacial score (nSPS) is 10.6. The summed E-state index contributed by atoms with van der Waals surface area (Å²) >= 11 is 0. The Morgan fingerprint density at radius 2 is 2.00 bits per heavy atom. The standard InChI is InChI=1S/C17H13FN2O4/c1-11-15(19-17(24-11)12-5-3-2-4-6-12)10-23-16-8-7-13(20(21)22)9-14(16)18/h2-9H,10H2,1H3. The number of nitro groups is 1. The molecule has 0 unspecified atom stereocenters. The zero-order valence-electron chi connectivity index (χ0n) is 12.7. The second-order valence-corrected chi connectivity index (χ2v) is 5.05. The second-order valence-electron chi connectivity index (χ2n) is 5.05. The lowest BCUT2D eigenvalue weighted by molar-refractivity contribution is -0.385. The van der Waals surface area contributed by atoms with E-state index in [4.69, 9.17) is 9.15 Å². The zero-order valence-corrected chi connectivity index (χ0v) is 12.7. The molecule has 6 nitrogen and oxygen atoms in total. The molecule has 24 heavy (non-hydrogen) atoms. The highest BCUT2D eigenvalue weighted by atomic mass is 19.1. The Hall–Kier alpha value is -3.22. The highest BCUT2D eigenvalue weighted by molar-refractivity contribution is 5.53. The first-order valence-electron chi connectivity index (χ1n) is 7.13. The quantitative estimate of drug-likeness (QED) is 0.516. The van der Waals surface area contributed by atoms with E-state index in [1.54, 1.807) is 6.92 Å². The summed E-state index contributed by atoms with van der Waals surface area (Å²) in [5.41, 5.74) is 1.03. The maximum Gasteiger partial charge on any atom is 0.272 e. The molecule has 7 heteroatoms. The van der Waals surface area contributed by atoms with Crippen molar-refractivity contribution in [2.45, 2.75) is 13.5 Å². The van der Waals surface area contributed by atoms with Gasteiger partial charge in [-0.2, -0.15) is 0 Å². The van der Waals surface area contributed by atoms with Crippen molar-refractivity contribution >= 4 is 5.69 Å². The van der Waals surface area contributed by atoms with Gasteiger partial charge in [-0.3, -0.25) is 10.1 Å². The SMILES string of the molecule is Cc1oc(-c2ccccc2)nc1COc1ccc([N+](=O)[O-])cc1F. The third kappa shape index (κ3) is 3.24. The first-order valence-corrected chi connectivity index (χ1v) is 7.13. The van der Waals surface area contributed by atoms with Crippen molar-refractivity contribution in [1.29, 1.82) is 0 Å². The summed E-state index contributed by atoms with van der Waals surface area (Å²) in [6.07, 6.45) is 0. The van der Waals surface area contributed by atoms with Crippen molar-refractivity contribution in [2.24, 2.45) is 0 Å². The summed E-state index contributed by atoms with van der Waals surface area (Å²) in [4.78, 5) is 14.3. The van der Waals surface area contributed by atoms with Crippen molar-refractivity contribution in [1.82, 2.24) is 4.98 Å². The number of ether oxygens (including phenoxy) is 1. The molecule has 0 aliphatic carbocycles. The minimum atomic E-state index is -0.798. The Kier molecular flexibility index (Phi) is 4.24. The average molecular weight is 328 g/mol. The number of benzene rings is 2. The first kappa shape index (κ1) is 15.7. The fourth-order valence-electron chi connectivity index (χ4n) is 2.13. The number of oxazole rings is 1. The molecule has 0 radical (unpaired) electrons. The average Bonchev–Trinajstić information content (AvgIpc) is 2.95. The topological polar surface area (TPSA) is 78.4 Å². The number of nitrogens with zero attached hydrogens (tertiary/aromatic N) is 2.